The Kier molecular flexibility index (Phi) is 6.34. The van der Waals surface area contributed by atoms with Crippen molar-refractivity contribution in [1.29, 1.82) is 0 Å². The van der Waals surface area contributed by atoms with Gasteiger partial charge >= 0.3 is 0 Å². The van der Waals surface area contributed by atoms with Gasteiger partial charge in [-0.25, -0.2) is 0 Å². The third kappa shape index (κ3) is 4.96. The number of carbonyl (C=O) groups is 1. The van der Waals surface area contributed by atoms with Crippen molar-refractivity contribution in [2.24, 2.45) is 5.92 Å². The zero-order valence-corrected chi connectivity index (χ0v) is 17.4. The summed E-state index contributed by atoms with van der Waals surface area (Å²) in [5, 5.41) is 10.8. The van der Waals surface area contributed by atoms with Gasteiger partial charge < -0.3 is 9.80 Å². The van der Waals surface area contributed by atoms with Gasteiger partial charge in [-0.3, -0.25) is 9.69 Å². The van der Waals surface area contributed by atoms with Crippen molar-refractivity contribution < 1.29 is 4.79 Å². The summed E-state index contributed by atoms with van der Waals surface area (Å²) < 4.78 is 0. The fraction of sp³-hybridized carbons (Fsp3) is 0.571. The number of benzene rings is 1. The third-order valence-electron chi connectivity index (χ3n) is 5.87. The summed E-state index contributed by atoms with van der Waals surface area (Å²) in [6.45, 7) is 6.71. The maximum absolute atomic E-state index is 12.6. The minimum atomic E-state index is 0.350. The van der Waals surface area contributed by atoms with Gasteiger partial charge in [0, 0.05) is 38.2 Å². The van der Waals surface area contributed by atoms with Crippen LogP contribution in [0.3, 0.4) is 0 Å². The highest BCUT2D eigenvalue weighted by Gasteiger charge is 2.26. The van der Waals surface area contributed by atoms with Crippen LogP contribution in [0.4, 0.5) is 0 Å². The number of carbonyl (C=O) groups excluding carboxylic acids is 1. The number of hydrogen-bond acceptors (Lipinski definition) is 6. The van der Waals surface area contributed by atoms with Crippen molar-refractivity contribution in [2.75, 3.05) is 46.3 Å². The lowest BCUT2D eigenvalue weighted by molar-refractivity contribution is -0.134. The lowest BCUT2D eigenvalue weighted by Crippen LogP contribution is -2.47. The van der Waals surface area contributed by atoms with Gasteiger partial charge in [0.1, 0.15) is 10.0 Å². The first-order valence-electron chi connectivity index (χ1n) is 10.2. The van der Waals surface area contributed by atoms with Crippen LogP contribution in [0.15, 0.2) is 30.3 Å². The molecule has 0 atom stereocenters. The molecule has 1 aromatic carbocycles. The van der Waals surface area contributed by atoms with Gasteiger partial charge in [-0.1, -0.05) is 41.7 Å². The van der Waals surface area contributed by atoms with Crippen LogP contribution in [0.5, 0.6) is 0 Å². The Morgan fingerprint density at radius 2 is 1.75 bits per heavy atom. The smallest absolute Gasteiger partial charge is 0.222 e. The number of likely N-dealkylation sites (tertiary alicyclic amines) is 1. The first kappa shape index (κ1) is 19.5. The van der Waals surface area contributed by atoms with Gasteiger partial charge in [0.25, 0.3) is 0 Å². The molecule has 2 aromatic rings. The fourth-order valence-corrected chi connectivity index (χ4v) is 4.87. The molecule has 0 saturated carbocycles. The quantitative estimate of drug-likeness (QED) is 0.774. The first-order chi connectivity index (χ1) is 13.7. The molecule has 28 heavy (non-hydrogen) atoms. The van der Waals surface area contributed by atoms with E-state index in [-0.39, 0.29) is 0 Å². The van der Waals surface area contributed by atoms with Crippen molar-refractivity contribution in [3.8, 4) is 10.6 Å². The Bertz CT molecular complexity index is 764. The predicted molar refractivity (Wildman–Crippen MR) is 112 cm³/mol. The summed E-state index contributed by atoms with van der Waals surface area (Å²) in [6.07, 6.45) is 2.92. The van der Waals surface area contributed by atoms with Crippen molar-refractivity contribution in [3.63, 3.8) is 0 Å². The number of likely N-dealkylation sites (N-methyl/N-ethyl adjacent to an activating group) is 1. The zero-order valence-electron chi connectivity index (χ0n) is 16.6. The predicted octanol–water partition coefficient (Wildman–Crippen LogP) is 2.58. The first-order valence-corrected chi connectivity index (χ1v) is 11.1. The zero-order chi connectivity index (χ0) is 19.3. The molecule has 0 unspecified atom stereocenters. The Morgan fingerprint density at radius 1 is 1.04 bits per heavy atom. The molecule has 6 nitrogen and oxygen atoms in total. The van der Waals surface area contributed by atoms with E-state index in [9.17, 15) is 4.79 Å². The average Bonchev–Trinajstić information content (AvgIpc) is 3.19. The second-order valence-corrected chi connectivity index (χ2v) is 9.04. The highest BCUT2D eigenvalue weighted by Crippen LogP contribution is 2.26. The Hall–Kier alpha value is -1.83. The maximum atomic E-state index is 12.6. The van der Waals surface area contributed by atoms with Crippen LogP contribution in [0.2, 0.25) is 0 Å². The SMILES string of the molecule is CN1CCN(C(=O)CC2CCN(Cc3nnc(-c4ccccc4)s3)CC2)CC1. The second kappa shape index (κ2) is 9.11. The maximum Gasteiger partial charge on any atom is 0.222 e. The Balaban J connectivity index is 1.22. The molecule has 0 N–H and O–H groups in total. The van der Waals surface area contributed by atoms with Crippen LogP contribution in [0, 0.1) is 5.92 Å². The standard InChI is InChI=1S/C21H29N5OS/c1-24-11-13-26(14-12-24)20(27)15-17-7-9-25(10-8-17)16-19-22-23-21(28-19)18-5-3-2-4-6-18/h2-6,17H,7-16H2,1H3. The molecule has 2 saturated heterocycles. The molecule has 2 aliphatic heterocycles. The molecule has 2 aliphatic rings. The Labute approximate surface area is 171 Å². The highest BCUT2D eigenvalue weighted by atomic mass is 32.1. The van der Waals surface area contributed by atoms with E-state index in [4.69, 9.17) is 0 Å². The summed E-state index contributed by atoms with van der Waals surface area (Å²) in [6, 6.07) is 10.2. The molecule has 7 heteroatoms. The molecule has 1 amide bonds. The van der Waals surface area contributed by atoms with Crippen LogP contribution < -0.4 is 0 Å². The van der Waals surface area contributed by atoms with Gasteiger partial charge in [-0.15, -0.1) is 10.2 Å². The largest absolute Gasteiger partial charge is 0.340 e. The molecule has 0 aliphatic carbocycles. The molecule has 3 heterocycles. The van der Waals surface area contributed by atoms with E-state index in [2.05, 4.69) is 44.1 Å². The van der Waals surface area contributed by atoms with E-state index in [0.717, 1.165) is 74.2 Å². The molecule has 2 fully saturated rings. The van der Waals surface area contributed by atoms with Crippen molar-refractivity contribution >= 4 is 17.2 Å². The average molecular weight is 400 g/mol. The fourth-order valence-electron chi connectivity index (χ4n) is 3.99. The molecule has 0 bridgehead atoms. The van der Waals surface area contributed by atoms with E-state index in [0.29, 0.717) is 18.2 Å². The molecular formula is C21H29N5OS. The second-order valence-electron chi connectivity index (χ2n) is 7.97. The van der Waals surface area contributed by atoms with Gasteiger partial charge in [-0.2, -0.15) is 0 Å². The van der Waals surface area contributed by atoms with Gasteiger partial charge in [0.05, 0.1) is 6.54 Å². The lowest BCUT2D eigenvalue weighted by atomic mass is 9.93. The summed E-state index contributed by atoms with van der Waals surface area (Å²) >= 11 is 1.68. The van der Waals surface area contributed by atoms with E-state index < -0.39 is 0 Å². The van der Waals surface area contributed by atoms with Crippen LogP contribution in [-0.4, -0.2) is 77.1 Å². The number of hydrogen-bond donors (Lipinski definition) is 0. The van der Waals surface area contributed by atoms with Gasteiger partial charge in [-0.05, 0) is 38.9 Å². The third-order valence-corrected chi connectivity index (χ3v) is 6.83. The van der Waals surface area contributed by atoms with E-state index in [1.54, 1.807) is 11.3 Å². The summed E-state index contributed by atoms with van der Waals surface area (Å²) in [5.41, 5.74) is 1.13. The summed E-state index contributed by atoms with van der Waals surface area (Å²) in [7, 11) is 2.12. The number of piperidine rings is 1. The number of amides is 1. The summed E-state index contributed by atoms with van der Waals surface area (Å²) in [5.74, 6) is 0.876. The van der Waals surface area contributed by atoms with E-state index in [1.807, 2.05) is 18.2 Å². The van der Waals surface area contributed by atoms with Crippen LogP contribution in [0.1, 0.15) is 24.3 Å². The van der Waals surface area contributed by atoms with E-state index in [1.165, 1.54) is 0 Å². The van der Waals surface area contributed by atoms with Crippen LogP contribution in [-0.2, 0) is 11.3 Å². The topological polar surface area (TPSA) is 52.6 Å². The molecule has 1 aromatic heterocycles. The number of piperazine rings is 1. The Morgan fingerprint density at radius 3 is 2.46 bits per heavy atom. The molecule has 0 spiro atoms. The minimum Gasteiger partial charge on any atom is -0.340 e. The van der Waals surface area contributed by atoms with Crippen molar-refractivity contribution in [2.45, 2.75) is 25.8 Å². The van der Waals surface area contributed by atoms with Crippen molar-refractivity contribution in [3.05, 3.63) is 35.3 Å². The highest BCUT2D eigenvalue weighted by molar-refractivity contribution is 7.14. The molecule has 0 radical (unpaired) electrons. The number of rotatable bonds is 5. The van der Waals surface area contributed by atoms with E-state index >= 15 is 0 Å². The normalized spacial score (nSPS) is 19.8. The summed E-state index contributed by atoms with van der Waals surface area (Å²) in [4.78, 5) is 19.4. The number of aromatic nitrogens is 2. The van der Waals surface area contributed by atoms with Crippen LogP contribution in [0.25, 0.3) is 10.6 Å². The van der Waals surface area contributed by atoms with Crippen LogP contribution >= 0.6 is 11.3 Å². The van der Waals surface area contributed by atoms with Gasteiger partial charge in [0.15, 0.2) is 0 Å². The molecule has 150 valence electrons. The van der Waals surface area contributed by atoms with Gasteiger partial charge in [0.2, 0.25) is 5.91 Å². The monoisotopic (exact) mass is 399 g/mol. The van der Waals surface area contributed by atoms with Crippen molar-refractivity contribution in [1.82, 2.24) is 24.9 Å². The molecular weight excluding hydrogens is 370 g/mol. The molecule has 4 rings (SSSR count). The minimum absolute atomic E-state index is 0.350. The lowest BCUT2D eigenvalue weighted by Gasteiger charge is -2.35. The number of nitrogens with zero attached hydrogens (tertiary/aromatic N) is 5.